The van der Waals surface area contributed by atoms with Crippen molar-refractivity contribution < 1.29 is 14.7 Å². The number of carbonyl (C=O) groups is 2. The number of carboxylic acids is 1. The fourth-order valence-corrected chi connectivity index (χ4v) is 1.95. The average molecular weight is 254 g/mol. The molecule has 3 N–H and O–H groups in total. The minimum Gasteiger partial charge on any atom is -0.481 e. The lowest BCUT2D eigenvalue weighted by Crippen LogP contribution is -2.55. The van der Waals surface area contributed by atoms with E-state index in [0.29, 0.717) is 12.8 Å². The first-order valence-corrected chi connectivity index (χ1v) is 5.54. The summed E-state index contributed by atoms with van der Waals surface area (Å²) in [6, 6.07) is -0.510. The molecule has 0 saturated heterocycles. The van der Waals surface area contributed by atoms with E-state index < -0.39 is 17.5 Å². The van der Waals surface area contributed by atoms with Gasteiger partial charge in [-0.15, -0.1) is 5.10 Å². The molecule has 1 saturated carbocycles. The van der Waals surface area contributed by atoms with Crippen LogP contribution in [-0.2, 0) is 11.8 Å². The molecular weight excluding hydrogens is 240 g/mol. The summed E-state index contributed by atoms with van der Waals surface area (Å²) >= 11 is 0. The fourth-order valence-electron chi connectivity index (χ4n) is 1.95. The van der Waals surface area contributed by atoms with Gasteiger partial charge in [-0.1, -0.05) is 5.10 Å². The second-order valence-electron chi connectivity index (χ2n) is 4.39. The monoisotopic (exact) mass is 254 g/mol. The molecule has 9 heteroatoms. The number of carbonyl (C=O) groups excluding carboxylic acids is 1. The highest BCUT2D eigenvalue weighted by atomic mass is 16.4. The molecule has 1 fully saturated rings. The van der Waals surface area contributed by atoms with Crippen molar-refractivity contribution >= 4 is 17.9 Å². The van der Waals surface area contributed by atoms with Crippen molar-refractivity contribution in [2.45, 2.75) is 31.2 Å². The number of nitrogens with one attached hydrogen (secondary N) is 2. The van der Waals surface area contributed by atoms with Gasteiger partial charge in [-0.05, 0) is 24.5 Å². The molecular formula is C9H14N6O3. The number of nitrogens with zero attached hydrogens (tertiary/aromatic N) is 4. The molecule has 1 heterocycles. The molecule has 1 aliphatic carbocycles. The Labute approximate surface area is 103 Å². The predicted molar refractivity (Wildman–Crippen MR) is 59.8 cm³/mol. The van der Waals surface area contributed by atoms with Gasteiger partial charge in [0.1, 0.15) is 0 Å². The SMILES string of the molecule is Cn1nnc(NC(=O)NC2(CC(=O)O)CCC2)n1. The maximum absolute atomic E-state index is 11.7. The van der Waals surface area contributed by atoms with Gasteiger partial charge in [0.15, 0.2) is 0 Å². The number of amides is 2. The number of urea groups is 1. The second kappa shape index (κ2) is 4.59. The summed E-state index contributed by atoms with van der Waals surface area (Å²) in [6.07, 6.45) is 2.17. The van der Waals surface area contributed by atoms with Crippen molar-refractivity contribution in [3.8, 4) is 0 Å². The van der Waals surface area contributed by atoms with Crippen LogP contribution in [0.3, 0.4) is 0 Å². The Bertz CT molecular complexity index is 467. The van der Waals surface area contributed by atoms with Crippen LogP contribution in [0.1, 0.15) is 25.7 Å². The zero-order valence-electron chi connectivity index (χ0n) is 9.88. The Hall–Kier alpha value is -2.19. The standard InChI is InChI=1S/C9H14N6O3/c1-15-13-7(12-14-15)10-8(18)11-9(3-2-4-9)5-6(16)17/h2-5H2,1H3,(H,16,17)(H2,10,11,13,18). The molecule has 18 heavy (non-hydrogen) atoms. The first-order chi connectivity index (χ1) is 8.49. The van der Waals surface area contributed by atoms with Gasteiger partial charge >= 0.3 is 12.0 Å². The van der Waals surface area contributed by atoms with Crippen LogP contribution in [0.15, 0.2) is 0 Å². The molecule has 2 rings (SSSR count). The van der Waals surface area contributed by atoms with Crippen LogP contribution >= 0.6 is 0 Å². The van der Waals surface area contributed by atoms with Gasteiger partial charge in [-0.2, -0.15) is 4.80 Å². The first-order valence-electron chi connectivity index (χ1n) is 5.54. The van der Waals surface area contributed by atoms with E-state index >= 15 is 0 Å². The molecule has 1 aliphatic rings. The fraction of sp³-hybridized carbons (Fsp3) is 0.667. The summed E-state index contributed by atoms with van der Waals surface area (Å²) in [5.41, 5.74) is -0.641. The normalized spacial score (nSPS) is 16.7. The van der Waals surface area contributed by atoms with Crippen LogP contribution in [0.25, 0.3) is 0 Å². The lowest BCUT2D eigenvalue weighted by Gasteiger charge is -2.41. The number of aliphatic carboxylic acids is 1. The van der Waals surface area contributed by atoms with Gasteiger partial charge in [0.2, 0.25) is 0 Å². The largest absolute Gasteiger partial charge is 0.481 e. The third kappa shape index (κ3) is 2.73. The second-order valence-corrected chi connectivity index (χ2v) is 4.39. The van der Waals surface area contributed by atoms with E-state index in [1.807, 2.05) is 0 Å². The zero-order valence-corrected chi connectivity index (χ0v) is 9.88. The van der Waals surface area contributed by atoms with Crippen LogP contribution in [-0.4, -0.2) is 42.9 Å². The van der Waals surface area contributed by atoms with Crippen LogP contribution in [0, 0.1) is 0 Å². The molecule has 0 unspecified atom stereocenters. The minimum atomic E-state index is -0.923. The van der Waals surface area contributed by atoms with Gasteiger partial charge in [-0.3, -0.25) is 10.1 Å². The molecule has 1 aromatic rings. The first kappa shape index (κ1) is 12.3. The molecule has 0 aromatic carbocycles. The summed E-state index contributed by atoms with van der Waals surface area (Å²) < 4.78 is 0. The molecule has 2 amide bonds. The molecule has 0 bridgehead atoms. The van der Waals surface area contributed by atoms with Crippen molar-refractivity contribution in [1.29, 1.82) is 0 Å². The van der Waals surface area contributed by atoms with Crippen molar-refractivity contribution in [3.63, 3.8) is 0 Å². The third-order valence-electron chi connectivity index (χ3n) is 2.91. The van der Waals surface area contributed by atoms with Gasteiger partial charge in [0.05, 0.1) is 19.0 Å². The number of aromatic nitrogens is 4. The number of tetrazole rings is 1. The summed E-state index contributed by atoms with van der Waals surface area (Å²) in [4.78, 5) is 23.6. The van der Waals surface area contributed by atoms with E-state index in [1.54, 1.807) is 7.05 Å². The number of hydrogen-bond acceptors (Lipinski definition) is 5. The summed E-state index contributed by atoms with van der Waals surface area (Å²) in [6.45, 7) is 0. The van der Waals surface area contributed by atoms with Crippen LogP contribution < -0.4 is 10.6 Å². The Morgan fingerprint density at radius 1 is 1.50 bits per heavy atom. The molecule has 98 valence electrons. The third-order valence-corrected chi connectivity index (χ3v) is 2.91. The van der Waals surface area contributed by atoms with Crippen molar-refractivity contribution in [3.05, 3.63) is 0 Å². The van der Waals surface area contributed by atoms with Crippen molar-refractivity contribution in [2.75, 3.05) is 5.32 Å². The maximum atomic E-state index is 11.7. The predicted octanol–water partition coefficient (Wildman–Crippen LogP) is -0.271. The smallest absolute Gasteiger partial charge is 0.322 e. The Balaban J connectivity index is 1.91. The molecule has 0 aliphatic heterocycles. The van der Waals surface area contributed by atoms with Gasteiger partial charge < -0.3 is 10.4 Å². The van der Waals surface area contributed by atoms with Crippen molar-refractivity contribution in [1.82, 2.24) is 25.5 Å². The number of aryl methyl sites for hydroxylation is 1. The summed E-state index contributed by atoms with van der Waals surface area (Å²) in [5.74, 6) is -0.840. The molecule has 0 radical (unpaired) electrons. The van der Waals surface area contributed by atoms with E-state index in [9.17, 15) is 9.59 Å². The molecule has 9 nitrogen and oxygen atoms in total. The number of rotatable bonds is 4. The van der Waals surface area contributed by atoms with Gasteiger partial charge in [0.25, 0.3) is 5.95 Å². The minimum absolute atomic E-state index is 0.0751. The lowest BCUT2D eigenvalue weighted by atomic mass is 9.74. The summed E-state index contributed by atoms with van der Waals surface area (Å²) in [5, 5.41) is 24.9. The number of anilines is 1. The molecule has 0 spiro atoms. The molecule has 1 aromatic heterocycles. The van der Waals surface area contributed by atoms with E-state index in [-0.39, 0.29) is 12.4 Å². The number of carboxylic acid groups (broad SMARTS) is 1. The highest BCUT2D eigenvalue weighted by molar-refractivity contribution is 5.88. The summed E-state index contributed by atoms with van der Waals surface area (Å²) in [7, 11) is 1.58. The van der Waals surface area contributed by atoms with E-state index in [4.69, 9.17) is 5.11 Å². The highest BCUT2D eigenvalue weighted by Crippen LogP contribution is 2.34. The number of hydrogen-bond donors (Lipinski definition) is 3. The van der Waals surface area contributed by atoms with E-state index in [0.717, 1.165) is 6.42 Å². The zero-order chi connectivity index (χ0) is 13.2. The maximum Gasteiger partial charge on any atom is 0.322 e. The average Bonchev–Trinajstić information content (AvgIpc) is 2.59. The van der Waals surface area contributed by atoms with Gasteiger partial charge in [-0.25, -0.2) is 4.79 Å². The van der Waals surface area contributed by atoms with Crippen LogP contribution in [0.2, 0.25) is 0 Å². The van der Waals surface area contributed by atoms with Crippen LogP contribution in [0.4, 0.5) is 10.7 Å². The molecule has 0 atom stereocenters. The van der Waals surface area contributed by atoms with E-state index in [2.05, 4.69) is 26.0 Å². The van der Waals surface area contributed by atoms with Crippen LogP contribution in [0.5, 0.6) is 0 Å². The van der Waals surface area contributed by atoms with Gasteiger partial charge in [0, 0.05) is 0 Å². The Kier molecular flexibility index (Phi) is 3.13. The quantitative estimate of drug-likeness (QED) is 0.679. The Morgan fingerprint density at radius 3 is 2.67 bits per heavy atom. The van der Waals surface area contributed by atoms with E-state index in [1.165, 1.54) is 4.80 Å². The highest BCUT2D eigenvalue weighted by Gasteiger charge is 2.40. The topological polar surface area (TPSA) is 122 Å². The Morgan fingerprint density at radius 2 is 2.22 bits per heavy atom. The van der Waals surface area contributed by atoms with Crippen molar-refractivity contribution in [2.24, 2.45) is 7.05 Å². The lowest BCUT2D eigenvalue weighted by molar-refractivity contribution is -0.139.